The molecule has 0 amide bonds. The average Bonchev–Trinajstić information content (AvgIpc) is 2.73. The summed E-state index contributed by atoms with van der Waals surface area (Å²) in [6, 6.07) is 23.8. The van der Waals surface area contributed by atoms with Crippen LogP contribution in [0.15, 0.2) is 72.8 Å². The number of methoxy groups -OCH3 is 2. The predicted octanol–water partition coefficient (Wildman–Crippen LogP) is 7.51. The van der Waals surface area contributed by atoms with Crippen LogP contribution in [0.1, 0.15) is 17.0 Å². The fourth-order valence-electron chi connectivity index (χ4n) is 3.97. The van der Waals surface area contributed by atoms with Crippen molar-refractivity contribution < 1.29 is 9.47 Å². The normalized spacial score (nSPS) is 11.9. The Morgan fingerprint density at radius 3 is 1.31 bits per heavy atom. The maximum Gasteiger partial charge on any atom is 0.201 e. The minimum Gasteiger partial charge on any atom is -0.496 e. The lowest BCUT2D eigenvalue weighted by Crippen LogP contribution is -2.19. The van der Waals surface area contributed by atoms with Gasteiger partial charge < -0.3 is 9.47 Å². The molecule has 0 fully saturated rings. The molecule has 0 aromatic heterocycles. The number of rotatable bonds is 4. The molecular weight excluding hydrogens is 427 g/mol. The summed E-state index contributed by atoms with van der Waals surface area (Å²) in [7, 11) is 3.32. The Kier molecular flexibility index (Phi) is 5.52. The summed E-state index contributed by atoms with van der Waals surface area (Å²) < 4.78 is 9.52. The lowest BCUT2D eigenvalue weighted by atomic mass is 9.85. The largest absolute Gasteiger partial charge is 0.496 e. The first-order valence-corrected chi connectivity index (χ1v) is 10.3. The van der Waals surface area contributed by atoms with Crippen molar-refractivity contribution in [3.8, 4) is 11.5 Å². The standard InChI is InChI=1S/C24H19Cl3O2/c1-28-21-13-11-19(15-7-3-5-9-17(15)21)23(24(25,26)27)20-12-14-22(29-2)18-10-6-4-8-16(18)20/h3-14,23H,1-2H3. The van der Waals surface area contributed by atoms with E-state index in [0.29, 0.717) is 0 Å². The number of benzene rings is 4. The molecule has 4 rings (SSSR count). The third-order valence-electron chi connectivity index (χ3n) is 5.22. The summed E-state index contributed by atoms with van der Waals surface area (Å²) in [5, 5.41) is 3.93. The van der Waals surface area contributed by atoms with E-state index in [1.54, 1.807) is 14.2 Å². The number of hydrogen-bond acceptors (Lipinski definition) is 2. The third-order valence-corrected chi connectivity index (χ3v) is 5.88. The molecule has 0 saturated carbocycles. The molecule has 0 aliphatic rings. The second-order valence-corrected chi connectivity index (χ2v) is 9.15. The lowest BCUT2D eigenvalue weighted by molar-refractivity contribution is 0.419. The zero-order valence-corrected chi connectivity index (χ0v) is 18.2. The van der Waals surface area contributed by atoms with Crippen LogP contribution in [0.3, 0.4) is 0 Å². The maximum atomic E-state index is 6.58. The number of hydrogen-bond donors (Lipinski definition) is 0. The molecule has 0 spiro atoms. The minimum absolute atomic E-state index is 0.487. The van der Waals surface area contributed by atoms with Gasteiger partial charge in [-0.3, -0.25) is 0 Å². The van der Waals surface area contributed by atoms with E-state index >= 15 is 0 Å². The molecule has 4 aromatic carbocycles. The molecule has 5 heteroatoms. The van der Waals surface area contributed by atoms with Gasteiger partial charge in [0.25, 0.3) is 0 Å². The fourth-order valence-corrected chi connectivity index (χ4v) is 4.67. The third kappa shape index (κ3) is 3.61. The van der Waals surface area contributed by atoms with Crippen molar-refractivity contribution >= 4 is 56.3 Å². The molecular formula is C24H19Cl3O2. The highest BCUT2D eigenvalue weighted by Gasteiger charge is 2.37. The Labute approximate surface area is 184 Å². The van der Waals surface area contributed by atoms with Crippen molar-refractivity contribution in [3.05, 3.63) is 83.9 Å². The maximum absolute atomic E-state index is 6.58. The van der Waals surface area contributed by atoms with Crippen molar-refractivity contribution in [3.63, 3.8) is 0 Å². The second kappa shape index (κ2) is 7.95. The Morgan fingerprint density at radius 1 is 0.586 bits per heavy atom. The van der Waals surface area contributed by atoms with E-state index in [1.165, 1.54) is 0 Å². The molecule has 4 aromatic rings. The Morgan fingerprint density at radius 2 is 0.966 bits per heavy atom. The van der Waals surface area contributed by atoms with Crippen LogP contribution in [0, 0.1) is 0 Å². The molecule has 0 unspecified atom stereocenters. The van der Waals surface area contributed by atoms with Gasteiger partial charge in [-0.1, -0.05) is 95.5 Å². The monoisotopic (exact) mass is 444 g/mol. The molecule has 0 atom stereocenters. The number of alkyl halides is 3. The summed E-state index contributed by atoms with van der Waals surface area (Å²) in [6.45, 7) is 0. The van der Waals surface area contributed by atoms with Crippen LogP contribution in [0.5, 0.6) is 11.5 Å². The van der Waals surface area contributed by atoms with Gasteiger partial charge in [-0.05, 0) is 34.0 Å². The van der Waals surface area contributed by atoms with Gasteiger partial charge >= 0.3 is 0 Å². The SMILES string of the molecule is COc1ccc(C(c2ccc(OC)c3ccccc23)C(Cl)(Cl)Cl)c2ccccc12. The highest BCUT2D eigenvalue weighted by molar-refractivity contribution is 6.68. The molecule has 0 heterocycles. The van der Waals surface area contributed by atoms with Crippen LogP contribution >= 0.6 is 34.8 Å². The predicted molar refractivity (Wildman–Crippen MR) is 123 cm³/mol. The Bertz CT molecular complexity index is 1090. The van der Waals surface area contributed by atoms with Gasteiger partial charge in [0.05, 0.1) is 20.1 Å². The molecule has 0 aliphatic carbocycles. The molecule has 29 heavy (non-hydrogen) atoms. The van der Waals surface area contributed by atoms with Crippen molar-refractivity contribution in [2.75, 3.05) is 14.2 Å². The van der Waals surface area contributed by atoms with E-state index in [1.807, 2.05) is 72.8 Å². The summed E-state index contributed by atoms with van der Waals surface area (Å²) in [6.07, 6.45) is 0. The van der Waals surface area contributed by atoms with Gasteiger partial charge in [-0.2, -0.15) is 0 Å². The van der Waals surface area contributed by atoms with Crippen LogP contribution in [-0.4, -0.2) is 18.0 Å². The quantitative estimate of drug-likeness (QED) is 0.302. The van der Waals surface area contributed by atoms with Crippen LogP contribution in [0.2, 0.25) is 0 Å². The van der Waals surface area contributed by atoms with Crippen molar-refractivity contribution in [1.82, 2.24) is 0 Å². The average molecular weight is 446 g/mol. The smallest absolute Gasteiger partial charge is 0.201 e. The molecule has 2 nitrogen and oxygen atoms in total. The van der Waals surface area contributed by atoms with E-state index in [9.17, 15) is 0 Å². The van der Waals surface area contributed by atoms with Crippen LogP contribution in [-0.2, 0) is 0 Å². The molecule has 0 bridgehead atoms. The summed E-state index contributed by atoms with van der Waals surface area (Å²) >= 11 is 19.8. The first-order valence-electron chi connectivity index (χ1n) is 9.13. The second-order valence-electron chi connectivity index (χ2n) is 6.78. The van der Waals surface area contributed by atoms with Gasteiger partial charge in [0.1, 0.15) is 11.5 Å². The van der Waals surface area contributed by atoms with Crippen molar-refractivity contribution in [2.45, 2.75) is 9.71 Å². The summed E-state index contributed by atoms with van der Waals surface area (Å²) in [5.41, 5.74) is 1.86. The number of fused-ring (bicyclic) bond motifs is 2. The summed E-state index contributed by atoms with van der Waals surface area (Å²) in [4.78, 5) is 0. The zero-order chi connectivity index (χ0) is 20.6. The first-order chi connectivity index (χ1) is 14.0. The number of ether oxygens (including phenoxy) is 2. The van der Waals surface area contributed by atoms with E-state index in [4.69, 9.17) is 44.3 Å². The van der Waals surface area contributed by atoms with E-state index < -0.39 is 9.71 Å². The highest BCUT2D eigenvalue weighted by atomic mass is 35.6. The van der Waals surface area contributed by atoms with Crippen molar-refractivity contribution in [2.24, 2.45) is 0 Å². The van der Waals surface area contributed by atoms with E-state index in [-0.39, 0.29) is 0 Å². The van der Waals surface area contributed by atoms with Crippen LogP contribution in [0.25, 0.3) is 21.5 Å². The van der Waals surface area contributed by atoms with Gasteiger partial charge in [0.15, 0.2) is 0 Å². The van der Waals surface area contributed by atoms with E-state index in [2.05, 4.69) is 0 Å². The minimum atomic E-state index is -1.56. The van der Waals surface area contributed by atoms with Gasteiger partial charge in [0.2, 0.25) is 3.79 Å². The fraction of sp³-hybridized carbons (Fsp3) is 0.167. The Hall–Kier alpha value is -2.13. The first kappa shape index (κ1) is 20.2. The molecule has 148 valence electrons. The number of halogens is 3. The van der Waals surface area contributed by atoms with Gasteiger partial charge in [-0.25, -0.2) is 0 Å². The Balaban J connectivity index is 2.05. The van der Waals surface area contributed by atoms with Crippen molar-refractivity contribution in [1.29, 1.82) is 0 Å². The molecule has 0 saturated heterocycles. The molecule has 0 N–H and O–H groups in total. The van der Waals surface area contributed by atoms with Gasteiger partial charge in [0, 0.05) is 10.8 Å². The van der Waals surface area contributed by atoms with Gasteiger partial charge in [-0.15, -0.1) is 0 Å². The molecule has 0 radical (unpaired) electrons. The van der Waals surface area contributed by atoms with Crippen LogP contribution < -0.4 is 9.47 Å². The topological polar surface area (TPSA) is 18.5 Å². The molecule has 0 aliphatic heterocycles. The zero-order valence-electron chi connectivity index (χ0n) is 16.0. The van der Waals surface area contributed by atoms with Crippen LogP contribution in [0.4, 0.5) is 0 Å². The highest BCUT2D eigenvalue weighted by Crippen LogP contribution is 2.50. The lowest BCUT2D eigenvalue weighted by Gasteiger charge is -2.28. The summed E-state index contributed by atoms with van der Waals surface area (Å²) in [5.74, 6) is 1.08. The van der Waals surface area contributed by atoms with E-state index in [0.717, 1.165) is 44.2 Å².